The minimum absolute atomic E-state index is 0.136. The van der Waals surface area contributed by atoms with E-state index in [0.29, 0.717) is 17.9 Å². The predicted octanol–water partition coefficient (Wildman–Crippen LogP) is 2.16. The van der Waals surface area contributed by atoms with Crippen molar-refractivity contribution in [2.75, 3.05) is 11.5 Å². The third-order valence-electron chi connectivity index (χ3n) is 4.94. The molecule has 8 heteroatoms. The first-order valence-electron chi connectivity index (χ1n) is 9.73. The zero-order chi connectivity index (χ0) is 21.5. The Bertz CT molecular complexity index is 880. The first kappa shape index (κ1) is 22.2. The summed E-state index contributed by atoms with van der Waals surface area (Å²) in [5.74, 6) is -0.268. The van der Waals surface area contributed by atoms with Crippen molar-refractivity contribution < 1.29 is 14.4 Å². The molecule has 0 aromatic heterocycles. The molecule has 1 heterocycles. The normalized spacial score (nSPS) is 19.3. The van der Waals surface area contributed by atoms with Gasteiger partial charge >= 0.3 is 0 Å². The van der Waals surface area contributed by atoms with Crippen LogP contribution in [0.4, 0.5) is 0 Å². The second-order valence-corrected chi connectivity index (χ2v) is 8.60. The Morgan fingerprint density at radius 3 is 2.33 bits per heavy atom. The molecule has 158 valence electrons. The largest absolute Gasteiger partial charge is 0.368 e. The van der Waals surface area contributed by atoms with Crippen LogP contribution in [0.1, 0.15) is 22.9 Å². The molecular formula is C22H25N3O3S2. The van der Waals surface area contributed by atoms with Crippen LogP contribution in [0.3, 0.4) is 0 Å². The number of carbonyl (C=O) groups is 3. The number of benzene rings is 2. The number of thioether (sulfide) groups is 1. The maximum atomic E-state index is 13.1. The molecule has 6 nitrogen and oxygen atoms in total. The summed E-state index contributed by atoms with van der Waals surface area (Å²) in [5.41, 5.74) is 7.40. The number of carbonyl (C=O) groups excluding carboxylic acids is 3. The van der Waals surface area contributed by atoms with Gasteiger partial charge in [0.05, 0.1) is 0 Å². The van der Waals surface area contributed by atoms with Gasteiger partial charge in [0, 0.05) is 18.6 Å². The summed E-state index contributed by atoms with van der Waals surface area (Å²) >= 11 is 5.71. The third-order valence-corrected chi connectivity index (χ3v) is 6.49. The molecule has 2 aromatic rings. The van der Waals surface area contributed by atoms with E-state index < -0.39 is 18.0 Å². The predicted molar refractivity (Wildman–Crippen MR) is 122 cm³/mol. The molecule has 3 N–H and O–H groups in total. The van der Waals surface area contributed by atoms with Gasteiger partial charge in [0.25, 0.3) is 0 Å². The first-order chi connectivity index (χ1) is 14.5. The van der Waals surface area contributed by atoms with Gasteiger partial charge in [0.1, 0.15) is 17.5 Å². The van der Waals surface area contributed by atoms with Gasteiger partial charge in [-0.05, 0) is 16.9 Å². The van der Waals surface area contributed by atoms with Gasteiger partial charge in [-0.25, -0.2) is 0 Å². The number of nitrogens with one attached hydrogen (secondary N) is 1. The van der Waals surface area contributed by atoms with E-state index in [0.717, 1.165) is 11.1 Å². The van der Waals surface area contributed by atoms with Crippen LogP contribution >= 0.6 is 24.4 Å². The van der Waals surface area contributed by atoms with Crippen molar-refractivity contribution in [2.45, 2.75) is 30.3 Å². The number of nitrogens with zero attached hydrogens (tertiary/aromatic N) is 1. The molecule has 2 aromatic carbocycles. The minimum Gasteiger partial charge on any atom is -0.368 e. The van der Waals surface area contributed by atoms with Crippen LogP contribution in [0.5, 0.6) is 0 Å². The number of amides is 3. The van der Waals surface area contributed by atoms with Gasteiger partial charge in [-0.3, -0.25) is 14.4 Å². The fourth-order valence-electron chi connectivity index (χ4n) is 3.45. The third kappa shape index (κ3) is 5.37. The molecule has 1 saturated heterocycles. The van der Waals surface area contributed by atoms with Crippen molar-refractivity contribution in [3.8, 4) is 0 Å². The summed E-state index contributed by atoms with van der Waals surface area (Å²) in [4.78, 5) is 39.5. The van der Waals surface area contributed by atoms with Crippen LogP contribution in [-0.4, -0.2) is 46.2 Å². The van der Waals surface area contributed by atoms with E-state index in [-0.39, 0.29) is 23.6 Å². The zero-order valence-corrected chi connectivity index (χ0v) is 18.1. The molecule has 1 fully saturated rings. The molecule has 0 radical (unpaired) electrons. The van der Waals surface area contributed by atoms with Crippen LogP contribution in [0.25, 0.3) is 0 Å². The van der Waals surface area contributed by atoms with E-state index in [2.05, 4.69) is 17.9 Å². The maximum absolute atomic E-state index is 13.1. The van der Waals surface area contributed by atoms with E-state index in [1.54, 1.807) is 4.90 Å². The molecule has 3 amide bonds. The van der Waals surface area contributed by atoms with Gasteiger partial charge in [-0.1, -0.05) is 60.7 Å². The lowest BCUT2D eigenvalue weighted by atomic mass is 10.0. The summed E-state index contributed by atoms with van der Waals surface area (Å²) in [6, 6.07) is 17.5. The number of thiol groups is 1. The van der Waals surface area contributed by atoms with E-state index >= 15 is 0 Å². The fourth-order valence-corrected chi connectivity index (χ4v) is 5.10. The van der Waals surface area contributed by atoms with E-state index in [1.165, 1.54) is 11.8 Å². The molecule has 0 saturated carbocycles. The Hall–Kier alpha value is -2.45. The molecule has 2 unspecified atom stereocenters. The highest BCUT2D eigenvalue weighted by molar-refractivity contribution is 7.99. The number of hydrogen-bond acceptors (Lipinski definition) is 5. The van der Waals surface area contributed by atoms with Gasteiger partial charge in [0.2, 0.25) is 17.7 Å². The van der Waals surface area contributed by atoms with Crippen LogP contribution in [-0.2, 0) is 20.8 Å². The molecule has 3 atom stereocenters. The summed E-state index contributed by atoms with van der Waals surface area (Å²) < 4.78 is 0. The summed E-state index contributed by atoms with van der Waals surface area (Å²) in [5, 5.41) is 2.51. The number of hydrogen-bond donors (Lipinski definition) is 3. The topological polar surface area (TPSA) is 92.5 Å². The lowest BCUT2D eigenvalue weighted by Crippen LogP contribution is -2.54. The highest BCUT2D eigenvalue weighted by Crippen LogP contribution is 2.41. The highest BCUT2D eigenvalue weighted by atomic mass is 32.2. The Morgan fingerprint density at radius 2 is 1.73 bits per heavy atom. The lowest BCUT2D eigenvalue weighted by molar-refractivity contribution is -0.140. The number of rotatable bonds is 8. The van der Waals surface area contributed by atoms with Crippen molar-refractivity contribution in [1.29, 1.82) is 0 Å². The molecule has 0 spiro atoms. The quantitative estimate of drug-likeness (QED) is 0.545. The Balaban J connectivity index is 1.78. The van der Waals surface area contributed by atoms with Crippen LogP contribution < -0.4 is 11.1 Å². The van der Waals surface area contributed by atoms with E-state index in [4.69, 9.17) is 5.73 Å². The van der Waals surface area contributed by atoms with Crippen molar-refractivity contribution in [3.63, 3.8) is 0 Å². The second-order valence-electron chi connectivity index (χ2n) is 7.04. The highest BCUT2D eigenvalue weighted by Gasteiger charge is 2.42. The molecule has 0 bridgehead atoms. The average Bonchev–Trinajstić information content (AvgIpc) is 3.20. The minimum atomic E-state index is -0.845. The molecule has 0 aliphatic carbocycles. The molecular weight excluding hydrogens is 418 g/mol. The molecule has 1 aliphatic rings. The first-order valence-corrected chi connectivity index (χ1v) is 11.4. The fraction of sp³-hybridized carbons (Fsp3) is 0.318. The number of primary amides is 1. The Morgan fingerprint density at radius 1 is 1.10 bits per heavy atom. The van der Waals surface area contributed by atoms with Gasteiger partial charge < -0.3 is 16.0 Å². The summed E-state index contributed by atoms with van der Waals surface area (Å²) in [6.07, 6.45) is 0.536. The van der Waals surface area contributed by atoms with Crippen molar-refractivity contribution in [2.24, 2.45) is 5.73 Å². The van der Waals surface area contributed by atoms with Gasteiger partial charge in [-0.15, -0.1) is 11.8 Å². The van der Waals surface area contributed by atoms with Gasteiger partial charge in [-0.2, -0.15) is 12.6 Å². The Labute approximate surface area is 186 Å². The average molecular weight is 444 g/mol. The van der Waals surface area contributed by atoms with Crippen molar-refractivity contribution in [1.82, 2.24) is 10.2 Å². The molecule has 1 aliphatic heterocycles. The Kier molecular flexibility index (Phi) is 7.81. The maximum Gasteiger partial charge on any atom is 0.244 e. The summed E-state index contributed by atoms with van der Waals surface area (Å²) in [7, 11) is 0. The number of nitrogens with two attached hydrogens (primary N) is 1. The second kappa shape index (κ2) is 10.5. The van der Waals surface area contributed by atoms with Crippen LogP contribution in [0.15, 0.2) is 60.7 Å². The van der Waals surface area contributed by atoms with Crippen LogP contribution in [0, 0.1) is 0 Å². The molecule has 3 rings (SSSR count). The standard InChI is InChI=1S/C22H25N3O3S2/c23-20(27)17(13-15-7-3-1-4-8-15)24-21(28)18-14-30-22(16-9-5-2-6-10-16)25(18)19(26)11-12-29/h1-10,17-18,22,29H,11-14H2,(H2,23,27)(H,24,28)/t17-,18?,22?/m0/s1. The lowest BCUT2D eigenvalue weighted by Gasteiger charge is -2.30. The van der Waals surface area contributed by atoms with E-state index in [9.17, 15) is 14.4 Å². The van der Waals surface area contributed by atoms with Crippen LogP contribution in [0.2, 0.25) is 0 Å². The SMILES string of the molecule is NC(=O)[C@H](Cc1ccccc1)NC(=O)C1CSC(c2ccccc2)N1C(=O)CCS. The van der Waals surface area contributed by atoms with E-state index in [1.807, 2.05) is 60.7 Å². The molecule has 30 heavy (non-hydrogen) atoms. The smallest absolute Gasteiger partial charge is 0.244 e. The van der Waals surface area contributed by atoms with Gasteiger partial charge in [0.15, 0.2) is 0 Å². The van der Waals surface area contributed by atoms with Crippen molar-refractivity contribution in [3.05, 3.63) is 71.8 Å². The zero-order valence-electron chi connectivity index (χ0n) is 16.4. The summed E-state index contributed by atoms with van der Waals surface area (Å²) in [6.45, 7) is 0. The monoisotopic (exact) mass is 443 g/mol. The van der Waals surface area contributed by atoms with Crippen molar-refractivity contribution >= 4 is 42.1 Å².